The Balaban J connectivity index is 3.18. The van der Waals surface area contributed by atoms with E-state index in [-0.39, 0.29) is 47.1 Å². The molecule has 5 nitrogen and oxygen atoms in total. The molecule has 1 rings (SSSR count). The molecular formula is C23H42O5Si. The minimum absolute atomic E-state index is 0.0613. The van der Waals surface area contributed by atoms with E-state index in [1.165, 1.54) is 6.08 Å². The van der Waals surface area contributed by atoms with E-state index < -0.39 is 8.32 Å². The van der Waals surface area contributed by atoms with Crippen LogP contribution in [0.15, 0.2) is 12.2 Å². The molecule has 29 heavy (non-hydrogen) atoms. The van der Waals surface area contributed by atoms with Crippen molar-refractivity contribution in [3.05, 3.63) is 12.2 Å². The van der Waals surface area contributed by atoms with Gasteiger partial charge in [0.25, 0.3) is 0 Å². The molecule has 0 aromatic rings. The van der Waals surface area contributed by atoms with Crippen molar-refractivity contribution < 1.29 is 23.5 Å². The van der Waals surface area contributed by atoms with Crippen molar-refractivity contribution in [2.75, 3.05) is 7.11 Å². The monoisotopic (exact) mass is 426 g/mol. The highest BCUT2D eigenvalue weighted by Gasteiger charge is 2.43. The summed E-state index contributed by atoms with van der Waals surface area (Å²) in [5.41, 5.74) is 0. The van der Waals surface area contributed by atoms with Gasteiger partial charge < -0.3 is 18.7 Å². The summed E-state index contributed by atoms with van der Waals surface area (Å²) in [4.78, 5) is 23.0. The van der Waals surface area contributed by atoms with Gasteiger partial charge in [0.05, 0.1) is 12.2 Å². The Bertz CT molecular complexity index is 566. The minimum Gasteiger partial charge on any atom is -0.458 e. The van der Waals surface area contributed by atoms with Crippen LogP contribution in [0.2, 0.25) is 18.1 Å². The number of carbonyl (C=O) groups excluding carboxylic acids is 2. The molecule has 0 aromatic heterocycles. The van der Waals surface area contributed by atoms with Gasteiger partial charge in [0.15, 0.2) is 8.32 Å². The zero-order valence-electron chi connectivity index (χ0n) is 19.9. The van der Waals surface area contributed by atoms with Crippen LogP contribution in [0.4, 0.5) is 0 Å². The van der Waals surface area contributed by atoms with Crippen molar-refractivity contribution >= 4 is 20.6 Å². The standard InChI is InChI=1S/C23H42O5Si/c1-10-18-11-12-21(25)27-20(18)15-19(28-29(8,9)23(4,5)6)17(3)22(26-7)16(2)13-14-24/h11-12,14,16-20,22H,10,13,15H2,1-9H3/t16-,17-,18+,19+,20+,22+/m0/s1. The van der Waals surface area contributed by atoms with Crippen molar-refractivity contribution in [2.45, 2.75) is 97.2 Å². The second-order valence-electron chi connectivity index (χ2n) is 10.00. The van der Waals surface area contributed by atoms with E-state index in [9.17, 15) is 9.59 Å². The lowest BCUT2D eigenvalue weighted by Crippen LogP contribution is -2.50. The first-order chi connectivity index (χ1) is 13.4. The van der Waals surface area contributed by atoms with Crippen molar-refractivity contribution in [1.82, 2.24) is 0 Å². The molecule has 0 aromatic carbocycles. The number of esters is 1. The Hall–Kier alpha value is -0.983. The SMILES string of the molecule is CC[C@@H]1C=CC(=O)O[C@@H]1C[C@@H](O[Si](C)(C)C(C)(C)C)[C@H](C)[C@H](OC)[C@@H](C)CC=O. The Kier molecular flexibility index (Phi) is 9.77. The number of carbonyl (C=O) groups is 2. The number of hydrogen-bond acceptors (Lipinski definition) is 5. The van der Waals surface area contributed by atoms with Gasteiger partial charge in [0.1, 0.15) is 12.4 Å². The first-order valence-electron chi connectivity index (χ1n) is 10.9. The van der Waals surface area contributed by atoms with E-state index in [1.54, 1.807) is 7.11 Å². The highest BCUT2D eigenvalue weighted by Crippen LogP contribution is 2.40. The smallest absolute Gasteiger partial charge is 0.330 e. The molecule has 1 aliphatic rings. The highest BCUT2D eigenvalue weighted by molar-refractivity contribution is 6.74. The number of rotatable bonds is 11. The molecule has 0 saturated carbocycles. The normalized spacial score (nSPS) is 24.5. The van der Waals surface area contributed by atoms with Crippen LogP contribution >= 0.6 is 0 Å². The van der Waals surface area contributed by atoms with Gasteiger partial charge in [-0.1, -0.05) is 47.6 Å². The molecule has 0 spiro atoms. The molecule has 0 amide bonds. The fourth-order valence-corrected chi connectivity index (χ4v) is 5.26. The Morgan fingerprint density at radius 2 is 1.90 bits per heavy atom. The first kappa shape index (κ1) is 26.1. The molecule has 1 heterocycles. The number of hydrogen-bond donors (Lipinski definition) is 0. The average Bonchev–Trinajstić information content (AvgIpc) is 2.61. The second kappa shape index (κ2) is 10.9. The van der Waals surface area contributed by atoms with Gasteiger partial charge in [0, 0.05) is 37.9 Å². The van der Waals surface area contributed by atoms with Crippen molar-refractivity contribution in [3.8, 4) is 0 Å². The van der Waals surface area contributed by atoms with Crippen molar-refractivity contribution in [1.29, 1.82) is 0 Å². The molecule has 0 N–H and O–H groups in total. The van der Waals surface area contributed by atoms with E-state index in [4.69, 9.17) is 13.9 Å². The number of ether oxygens (including phenoxy) is 2. The largest absolute Gasteiger partial charge is 0.458 e. The summed E-state index contributed by atoms with van der Waals surface area (Å²) in [7, 11) is -0.361. The highest BCUT2D eigenvalue weighted by atomic mass is 28.4. The molecule has 0 unspecified atom stereocenters. The van der Waals surface area contributed by atoms with Gasteiger partial charge >= 0.3 is 5.97 Å². The van der Waals surface area contributed by atoms with Crippen LogP contribution in [0.1, 0.15) is 60.8 Å². The lowest BCUT2D eigenvalue weighted by molar-refractivity contribution is -0.149. The Labute approximate surface area is 178 Å². The Morgan fingerprint density at radius 1 is 1.28 bits per heavy atom. The summed E-state index contributed by atoms with van der Waals surface area (Å²) in [6.45, 7) is 17.4. The van der Waals surface area contributed by atoms with E-state index >= 15 is 0 Å². The molecular weight excluding hydrogens is 384 g/mol. The third-order valence-electron chi connectivity index (χ3n) is 6.82. The van der Waals surface area contributed by atoms with Crippen molar-refractivity contribution in [3.63, 3.8) is 0 Å². The van der Waals surface area contributed by atoms with Crippen LogP contribution in [0.5, 0.6) is 0 Å². The van der Waals surface area contributed by atoms with Crippen LogP contribution in [-0.2, 0) is 23.5 Å². The average molecular weight is 427 g/mol. The van der Waals surface area contributed by atoms with E-state index in [1.807, 2.05) is 13.0 Å². The zero-order valence-corrected chi connectivity index (χ0v) is 20.9. The van der Waals surface area contributed by atoms with Crippen LogP contribution < -0.4 is 0 Å². The van der Waals surface area contributed by atoms with Crippen LogP contribution in [0.25, 0.3) is 0 Å². The van der Waals surface area contributed by atoms with Crippen LogP contribution in [0, 0.1) is 17.8 Å². The van der Waals surface area contributed by atoms with Gasteiger partial charge in [-0.25, -0.2) is 4.79 Å². The lowest BCUT2D eigenvalue weighted by atomic mass is 9.83. The second-order valence-corrected chi connectivity index (χ2v) is 14.8. The summed E-state index contributed by atoms with van der Waals surface area (Å²) in [5, 5.41) is 0.0647. The predicted octanol–water partition coefficient (Wildman–Crippen LogP) is 5.15. The van der Waals surface area contributed by atoms with Gasteiger partial charge in [-0.3, -0.25) is 0 Å². The molecule has 168 valence electrons. The van der Waals surface area contributed by atoms with Gasteiger partial charge in [-0.15, -0.1) is 0 Å². The quantitative estimate of drug-likeness (QED) is 0.260. The maximum atomic E-state index is 11.9. The summed E-state index contributed by atoms with van der Waals surface area (Å²) < 4.78 is 18.4. The number of methoxy groups -OCH3 is 1. The molecule has 0 aliphatic carbocycles. The maximum Gasteiger partial charge on any atom is 0.330 e. The van der Waals surface area contributed by atoms with Gasteiger partial charge in [0.2, 0.25) is 0 Å². The van der Waals surface area contributed by atoms with E-state index in [0.29, 0.717) is 12.8 Å². The van der Waals surface area contributed by atoms with Crippen LogP contribution in [0.3, 0.4) is 0 Å². The van der Waals surface area contributed by atoms with Crippen LogP contribution in [-0.4, -0.2) is 46.0 Å². The zero-order chi connectivity index (χ0) is 22.4. The first-order valence-corrected chi connectivity index (χ1v) is 13.8. The Morgan fingerprint density at radius 3 is 2.38 bits per heavy atom. The van der Waals surface area contributed by atoms with Gasteiger partial charge in [-0.05, 0) is 30.5 Å². The molecule has 1 aliphatic heterocycles. The lowest BCUT2D eigenvalue weighted by Gasteiger charge is -2.44. The summed E-state index contributed by atoms with van der Waals surface area (Å²) in [6, 6.07) is 0. The van der Waals surface area contributed by atoms with Gasteiger partial charge in [-0.2, -0.15) is 0 Å². The third kappa shape index (κ3) is 7.04. The minimum atomic E-state index is -2.06. The third-order valence-corrected chi connectivity index (χ3v) is 11.3. The topological polar surface area (TPSA) is 61.8 Å². The molecule has 6 heteroatoms. The fourth-order valence-electron chi connectivity index (χ4n) is 3.84. The van der Waals surface area contributed by atoms with E-state index in [0.717, 1.165) is 12.7 Å². The molecule has 0 radical (unpaired) electrons. The fraction of sp³-hybridized carbons (Fsp3) is 0.826. The maximum absolute atomic E-state index is 11.9. The summed E-state index contributed by atoms with van der Waals surface area (Å²) >= 11 is 0. The molecule has 0 bridgehead atoms. The number of aldehydes is 1. The molecule has 0 fully saturated rings. The summed E-state index contributed by atoms with van der Waals surface area (Å²) in [6.07, 6.45) is 6.02. The molecule has 0 saturated heterocycles. The van der Waals surface area contributed by atoms with E-state index in [2.05, 4.69) is 47.7 Å². The summed E-state index contributed by atoms with van der Waals surface area (Å²) in [5.74, 6) is 0.0647. The molecule has 6 atom stereocenters. The predicted molar refractivity (Wildman–Crippen MR) is 119 cm³/mol. The number of cyclic esters (lactones) is 1. The van der Waals surface area contributed by atoms with Crippen molar-refractivity contribution in [2.24, 2.45) is 17.8 Å².